The van der Waals surface area contributed by atoms with E-state index in [4.69, 9.17) is 11.6 Å². The fourth-order valence-corrected chi connectivity index (χ4v) is 3.16. The third kappa shape index (κ3) is 3.84. The molecule has 0 aliphatic heterocycles. The van der Waals surface area contributed by atoms with Crippen molar-refractivity contribution in [3.05, 3.63) is 56.7 Å². The van der Waals surface area contributed by atoms with E-state index in [1.165, 1.54) is 10.4 Å². The van der Waals surface area contributed by atoms with Crippen LogP contribution in [0, 0.1) is 0 Å². The molecule has 0 fully saturated rings. The summed E-state index contributed by atoms with van der Waals surface area (Å²) in [5.74, 6) is 1.14. The average Bonchev–Trinajstić information content (AvgIpc) is 2.85. The molecule has 2 rings (SSSR count). The first-order valence-electron chi connectivity index (χ1n) is 5.63. The number of aryl methyl sites for hydroxylation is 1. The second-order valence-electron chi connectivity index (χ2n) is 4.02. The van der Waals surface area contributed by atoms with Crippen molar-refractivity contribution in [1.29, 1.82) is 0 Å². The standard InChI is InChI=1S/C14H14BrClS/c15-13-6-3-11(4-7-13)12(10-16)5-8-14-2-1-9-17-14/h1-4,6-7,9,12H,5,8,10H2. The summed E-state index contributed by atoms with van der Waals surface area (Å²) in [7, 11) is 0. The fraction of sp³-hybridized carbons (Fsp3) is 0.286. The van der Waals surface area contributed by atoms with Gasteiger partial charge < -0.3 is 0 Å². The normalized spacial score (nSPS) is 12.6. The molecular formula is C14H14BrClS. The number of alkyl halides is 1. The molecule has 0 aliphatic carbocycles. The van der Waals surface area contributed by atoms with Crippen LogP contribution in [0.2, 0.25) is 0 Å². The highest BCUT2D eigenvalue weighted by Gasteiger charge is 2.10. The number of thiophene rings is 1. The van der Waals surface area contributed by atoms with Crippen LogP contribution in [0.5, 0.6) is 0 Å². The summed E-state index contributed by atoms with van der Waals surface area (Å²) < 4.78 is 1.12. The van der Waals surface area contributed by atoms with Crippen LogP contribution in [0.15, 0.2) is 46.3 Å². The molecule has 1 unspecified atom stereocenters. The third-order valence-electron chi connectivity index (χ3n) is 2.85. The molecule has 1 aromatic carbocycles. The number of rotatable bonds is 5. The number of hydrogen-bond acceptors (Lipinski definition) is 1. The monoisotopic (exact) mass is 328 g/mol. The Labute approximate surface area is 120 Å². The SMILES string of the molecule is ClCC(CCc1cccs1)c1ccc(Br)cc1. The second-order valence-corrected chi connectivity index (χ2v) is 6.28. The molecular weight excluding hydrogens is 316 g/mol. The van der Waals surface area contributed by atoms with Crippen molar-refractivity contribution in [3.8, 4) is 0 Å². The summed E-state index contributed by atoms with van der Waals surface area (Å²) >= 11 is 11.4. The lowest BCUT2D eigenvalue weighted by Crippen LogP contribution is -2.01. The topological polar surface area (TPSA) is 0 Å². The minimum absolute atomic E-state index is 0.451. The molecule has 0 bridgehead atoms. The third-order valence-corrected chi connectivity index (χ3v) is 4.68. The fourth-order valence-electron chi connectivity index (χ4n) is 1.84. The van der Waals surface area contributed by atoms with Crippen LogP contribution < -0.4 is 0 Å². The van der Waals surface area contributed by atoms with Gasteiger partial charge in [-0.3, -0.25) is 0 Å². The van der Waals surface area contributed by atoms with E-state index in [0.29, 0.717) is 11.8 Å². The van der Waals surface area contributed by atoms with Gasteiger partial charge in [0.2, 0.25) is 0 Å². The Morgan fingerprint density at radius 1 is 1.18 bits per heavy atom. The number of hydrogen-bond donors (Lipinski definition) is 0. The molecule has 0 amide bonds. The zero-order valence-electron chi connectivity index (χ0n) is 9.40. The molecule has 3 heteroatoms. The van der Waals surface area contributed by atoms with Gasteiger partial charge in [0, 0.05) is 15.2 Å². The lowest BCUT2D eigenvalue weighted by Gasteiger charge is -2.13. The first kappa shape index (κ1) is 13.1. The van der Waals surface area contributed by atoms with Gasteiger partial charge in [-0.2, -0.15) is 0 Å². The van der Waals surface area contributed by atoms with Crippen LogP contribution in [-0.4, -0.2) is 5.88 Å². The van der Waals surface area contributed by atoms with Gasteiger partial charge in [0.15, 0.2) is 0 Å². The van der Waals surface area contributed by atoms with Gasteiger partial charge in [-0.05, 0) is 47.9 Å². The van der Waals surface area contributed by atoms with E-state index in [1.807, 2.05) is 11.3 Å². The molecule has 1 heterocycles. The van der Waals surface area contributed by atoms with Gasteiger partial charge in [-0.1, -0.05) is 34.1 Å². The van der Waals surface area contributed by atoms with E-state index in [-0.39, 0.29) is 0 Å². The Morgan fingerprint density at radius 3 is 2.53 bits per heavy atom. The van der Waals surface area contributed by atoms with E-state index < -0.39 is 0 Å². The Morgan fingerprint density at radius 2 is 1.94 bits per heavy atom. The van der Waals surface area contributed by atoms with Gasteiger partial charge >= 0.3 is 0 Å². The van der Waals surface area contributed by atoms with Crippen LogP contribution in [-0.2, 0) is 6.42 Å². The van der Waals surface area contributed by atoms with Crippen LogP contribution in [0.4, 0.5) is 0 Å². The summed E-state index contributed by atoms with van der Waals surface area (Å²) in [6.07, 6.45) is 2.23. The summed E-state index contributed by atoms with van der Waals surface area (Å²) in [6, 6.07) is 12.8. The molecule has 17 heavy (non-hydrogen) atoms. The highest BCUT2D eigenvalue weighted by Crippen LogP contribution is 2.25. The van der Waals surface area contributed by atoms with E-state index in [2.05, 4.69) is 57.7 Å². The number of benzene rings is 1. The first-order valence-corrected chi connectivity index (χ1v) is 7.84. The molecule has 90 valence electrons. The molecule has 1 atom stereocenters. The molecule has 0 aliphatic rings. The minimum Gasteiger partial charge on any atom is -0.149 e. The van der Waals surface area contributed by atoms with Gasteiger partial charge in [0.25, 0.3) is 0 Å². The van der Waals surface area contributed by atoms with Gasteiger partial charge in [0.1, 0.15) is 0 Å². The van der Waals surface area contributed by atoms with Crippen molar-refractivity contribution in [2.24, 2.45) is 0 Å². The maximum Gasteiger partial charge on any atom is 0.0292 e. The van der Waals surface area contributed by atoms with E-state index in [1.54, 1.807) is 0 Å². The summed E-state index contributed by atoms with van der Waals surface area (Å²) in [5.41, 5.74) is 1.33. The molecule has 0 spiro atoms. The maximum atomic E-state index is 6.07. The van der Waals surface area contributed by atoms with Crippen molar-refractivity contribution in [1.82, 2.24) is 0 Å². The van der Waals surface area contributed by atoms with E-state index in [0.717, 1.165) is 17.3 Å². The summed E-state index contributed by atoms with van der Waals surface area (Å²) in [6.45, 7) is 0. The van der Waals surface area contributed by atoms with Crippen LogP contribution >= 0.6 is 38.9 Å². The van der Waals surface area contributed by atoms with Crippen molar-refractivity contribution in [3.63, 3.8) is 0 Å². The zero-order valence-corrected chi connectivity index (χ0v) is 12.6. The van der Waals surface area contributed by atoms with Gasteiger partial charge in [0.05, 0.1) is 0 Å². The smallest absolute Gasteiger partial charge is 0.0292 e. The molecule has 0 nitrogen and oxygen atoms in total. The highest BCUT2D eigenvalue weighted by molar-refractivity contribution is 9.10. The quantitative estimate of drug-likeness (QED) is 0.638. The van der Waals surface area contributed by atoms with Crippen LogP contribution in [0.3, 0.4) is 0 Å². The molecule has 0 saturated carbocycles. The van der Waals surface area contributed by atoms with Crippen molar-refractivity contribution in [2.45, 2.75) is 18.8 Å². The van der Waals surface area contributed by atoms with Crippen LogP contribution in [0.25, 0.3) is 0 Å². The molecule has 1 aromatic heterocycles. The largest absolute Gasteiger partial charge is 0.149 e. The molecule has 0 saturated heterocycles. The van der Waals surface area contributed by atoms with Gasteiger partial charge in [-0.25, -0.2) is 0 Å². The zero-order chi connectivity index (χ0) is 12.1. The first-order chi connectivity index (χ1) is 8.29. The lowest BCUT2D eigenvalue weighted by atomic mass is 9.96. The Kier molecular flexibility index (Phi) is 5.08. The number of halogens is 2. The minimum atomic E-state index is 0.451. The lowest BCUT2D eigenvalue weighted by molar-refractivity contribution is 0.690. The second kappa shape index (κ2) is 6.58. The predicted octanol–water partition coefficient (Wildman–Crippen LogP) is 5.47. The average molecular weight is 330 g/mol. The molecule has 0 N–H and O–H groups in total. The van der Waals surface area contributed by atoms with Crippen LogP contribution in [0.1, 0.15) is 22.8 Å². The van der Waals surface area contributed by atoms with E-state index in [9.17, 15) is 0 Å². The highest BCUT2D eigenvalue weighted by atomic mass is 79.9. The van der Waals surface area contributed by atoms with E-state index >= 15 is 0 Å². The summed E-state index contributed by atoms with van der Waals surface area (Å²) in [5, 5.41) is 2.13. The van der Waals surface area contributed by atoms with Crippen molar-refractivity contribution >= 4 is 38.9 Å². The Bertz CT molecular complexity index is 436. The van der Waals surface area contributed by atoms with Crippen molar-refractivity contribution in [2.75, 3.05) is 5.88 Å². The molecule has 0 radical (unpaired) electrons. The maximum absolute atomic E-state index is 6.07. The summed E-state index contributed by atoms with van der Waals surface area (Å²) in [4.78, 5) is 1.44. The molecule has 2 aromatic rings. The van der Waals surface area contributed by atoms with Crippen molar-refractivity contribution < 1.29 is 0 Å². The van der Waals surface area contributed by atoms with Gasteiger partial charge in [-0.15, -0.1) is 22.9 Å². The Balaban J connectivity index is 1.99. The predicted molar refractivity (Wildman–Crippen MR) is 80.2 cm³/mol. The Hall–Kier alpha value is -0.310.